The maximum Gasteiger partial charge on any atom is 0.266 e. The molecular weight excluding hydrogens is 374 g/mol. The van der Waals surface area contributed by atoms with E-state index >= 15 is 0 Å². The third-order valence-electron chi connectivity index (χ3n) is 3.79. The molecule has 1 heterocycles. The quantitative estimate of drug-likeness (QED) is 0.380. The Morgan fingerprint density at radius 2 is 2.15 bits per heavy atom. The number of thiocarbonyl (C=S) groups is 1. The van der Waals surface area contributed by atoms with Gasteiger partial charge in [0.2, 0.25) is 0 Å². The Bertz CT molecular complexity index is 747. The summed E-state index contributed by atoms with van der Waals surface area (Å²) in [5, 5.41) is 11.0. The minimum atomic E-state index is -1.35. The summed E-state index contributed by atoms with van der Waals surface area (Å²) in [7, 11) is 1.55. The van der Waals surface area contributed by atoms with Crippen molar-refractivity contribution in [3.63, 3.8) is 0 Å². The van der Waals surface area contributed by atoms with Gasteiger partial charge in [0, 0.05) is 0 Å². The molecule has 1 aromatic rings. The van der Waals surface area contributed by atoms with Crippen LogP contribution in [-0.2, 0) is 9.59 Å². The summed E-state index contributed by atoms with van der Waals surface area (Å²) < 4.78 is 11.2. The Morgan fingerprint density at radius 1 is 1.42 bits per heavy atom. The molecule has 0 radical (unpaired) electrons. The summed E-state index contributed by atoms with van der Waals surface area (Å²) in [5.74, 6) is -0.596. The predicted molar refractivity (Wildman–Crippen MR) is 103 cm³/mol. The highest BCUT2D eigenvalue weighted by Gasteiger charge is 2.35. The predicted octanol–water partition coefficient (Wildman–Crippen LogP) is 2.21. The highest BCUT2D eigenvalue weighted by molar-refractivity contribution is 8.26. The van der Waals surface area contributed by atoms with Crippen LogP contribution in [0.1, 0.15) is 32.3 Å². The molecule has 1 atom stereocenters. The van der Waals surface area contributed by atoms with Crippen LogP contribution in [0.15, 0.2) is 23.1 Å². The molecule has 0 saturated carbocycles. The highest BCUT2D eigenvalue weighted by atomic mass is 32.2. The minimum absolute atomic E-state index is 0.199. The highest BCUT2D eigenvalue weighted by Crippen LogP contribution is 2.35. The third kappa shape index (κ3) is 4.56. The molecular formula is C18H20NO5S2-. The molecule has 1 aromatic carbocycles. The molecule has 1 aliphatic heterocycles. The lowest BCUT2D eigenvalue weighted by atomic mass is 10.1. The lowest BCUT2D eigenvalue weighted by Crippen LogP contribution is -2.48. The summed E-state index contributed by atoms with van der Waals surface area (Å²) in [5.41, 5.74) is 0.728. The van der Waals surface area contributed by atoms with Gasteiger partial charge in [0.15, 0.2) is 11.5 Å². The molecule has 0 bridgehead atoms. The first-order valence-corrected chi connectivity index (χ1v) is 9.40. The van der Waals surface area contributed by atoms with Crippen molar-refractivity contribution >= 4 is 46.3 Å². The van der Waals surface area contributed by atoms with Crippen molar-refractivity contribution in [2.45, 2.75) is 32.7 Å². The first kappa shape index (κ1) is 20.3. The molecule has 26 heavy (non-hydrogen) atoms. The number of carboxylic acids is 1. The Hall–Kier alpha value is -2.06. The lowest BCUT2D eigenvalue weighted by molar-refractivity contribution is -0.309. The van der Waals surface area contributed by atoms with Crippen molar-refractivity contribution in [1.82, 2.24) is 4.90 Å². The summed E-state index contributed by atoms with van der Waals surface area (Å²) in [6, 6.07) is 4.23. The monoisotopic (exact) mass is 394 g/mol. The van der Waals surface area contributed by atoms with Gasteiger partial charge in [-0.05, 0) is 37.1 Å². The smallest absolute Gasteiger partial charge is 0.266 e. The zero-order valence-corrected chi connectivity index (χ0v) is 16.4. The molecule has 1 fully saturated rings. The topological polar surface area (TPSA) is 78.9 Å². The maximum absolute atomic E-state index is 12.5. The number of unbranched alkanes of at least 4 members (excludes halogenated alkanes) is 1. The Balaban J connectivity index is 2.22. The van der Waals surface area contributed by atoms with Crippen LogP contribution in [0.25, 0.3) is 6.08 Å². The maximum atomic E-state index is 12.5. The van der Waals surface area contributed by atoms with E-state index in [9.17, 15) is 14.7 Å². The third-order valence-corrected chi connectivity index (χ3v) is 5.12. The van der Waals surface area contributed by atoms with Gasteiger partial charge in [-0.15, -0.1) is 0 Å². The summed E-state index contributed by atoms with van der Waals surface area (Å²) in [6.45, 7) is 4.06. The number of carbonyl (C=O) groups excluding carboxylic acids is 2. The fraction of sp³-hybridized carbons (Fsp3) is 0.389. The molecule has 0 aliphatic carbocycles. The number of hydrogen-bond acceptors (Lipinski definition) is 7. The van der Waals surface area contributed by atoms with Crippen LogP contribution in [0, 0.1) is 0 Å². The first-order valence-electron chi connectivity index (χ1n) is 8.17. The molecule has 140 valence electrons. The molecule has 0 spiro atoms. The average Bonchev–Trinajstić information content (AvgIpc) is 2.88. The average molecular weight is 394 g/mol. The number of nitrogens with zero attached hydrogens (tertiary/aromatic N) is 1. The van der Waals surface area contributed by atoms with Crippen molar-refractivity contribution in [3.05, 3.63) is 28.7 Å². The van der Waals surface area contributed by atoms with E-state index in [0.29, 0.717) is 23.0 Å². The van der Waals surface area contributed by atoms with Gasteiger partial charge in [-0.25, -0.2) is 0 Å². The SMILES string of the molecule is CCCCOc1ccc(/C=C2\SC(=S)N([C@@H](C)C(=O)[O-])C2=O)cc1OC. The second-order valence-electron chi connectivity index (χ2n) is 5.66. The molecule has 1 saturated heterocycles. The van der Waals surface area contributed by atoms with Gasteiger partial charge in [0.1, 0.15) is 4.32 Å². The number of aliphatic carboxylic acids is 1. The second-order valence-corrected chi connectivity index (χ2v) is 7.33. The van der Waals surface area contributed by atoms with E-state index in [-0.39, 0.29) is 4.32 Å². The van der Waals surface area contributed by atoms with Crippen LogP contribution >= 0.6 is 24.0 Å². The van der Waals surface area contributed by atoms with Gasteiger partial charge in [0.05, 0.1) is 30.6 Å². The fourth-order valence-corrected chi connectivity index (χ4v) is 3.71. The Kier molecular flexibility index (Phi) is 7.05. The van der Waals surface area contributed by atoms with Crippen LogP contribution in [0.3, 0.4) is 0 Å². The molecule has 6 nitrogen and oxygen atoms in total. The molecule has 0 aromatic heterocycles. The van der Waals surface area contributed by atoms with Gasteiger partial charge < -0.3 is 19.4 Å². The van der Waals surface area contributed by atoms with E-state index in [4.69, 9.17) is 21.7 Å². The van der Waals surface area contributed by atoms with Gasteiger partial charge >= 0.3 is 0 Å². The number of rotatable bonds is 8. The van der Waals surface area contributed by atoms with E-state index in [1.165, 1.54) is 6.92 Å². The van der Waals surface area contributed by atoms with Crippen molar-refractivity contribution in [3.8, 4) is 11.5 Å². The van der Waals surface area contributed by atoms with Gasteiger partial charge in [0.25, 0.3) is 5.91 Å². The standard InChI is InChI=1S/C18H21NO5S2/c1-4-5-8-24-13-7-6-12(9-14(13)23-3)10-15-16(20)19(18(25)26-15)11(2)17(21)22/h6-7,9-11H,4-5,8H2,1-3H3,(H,21,22)/p-1/b15-10-/t11-/m0/s1. The van der Waals surface area contributed by atoms with Crippen molar-refractivity contribution in [2.24, 2.45) is 0 Å². The molecule has 1 amide bonds. The summed E-state index contributed by atoms with van der Waals surface area (Å²) in [4.78, 5) is 24.9. The van der Waals surface area contributed by atoms with Crippen molar-refractivity contribution < 1.29 is 24.2 Å². The number of carbonyl (C=O) groups is 2. The van der Waals surface area contributed by atoms with Crippen LogP contribution in [0.4, 0.5) is 0 Å². The van der Waals surface area contributed by atoms with E-state index < -0.39 is 17.9 Å². The second kappa shape index (κ2) is 9.05. The molecule has 0 N–H and O–H groups in total. The molecule has 1 aliphatic rings. The van der Waals surface area contributed by atoms with Crippen molar-refractivity contribution in [2.75, 3.05) is 13.7 Å². The van der Waals surface area contributed by atoms with Gasteiger partial charge in [-0.2, -0.15) is 0 Å². The number of methoxy groups -OCH3 is 1. The number of benzene rings is 1. The number of hydrogen-bond donors (Lipinski definition) is 0. The zero-order valence-electron chi connectivity index (χ0n) is 14.8. The Morgan fingerprint density at radius 3 is 2.77 bits per heavy atom. The van der Waals surface area contributed by atoms with Crippen LogP contribution in [0.5, 0.6) is 11.5 Å². The lowest BCUT2D eigenvalue weighted by Gasteiger charge is -2.23. The molecule has 2 rings (SSSR count). The molecule has 0 unspecified atom stereocenters. The van der Waals surface area contributed by atoms with E-state index in [2.05, 4.69) is 6.92 Å². The van der Waals surface area contributed by atoms with Crippen LogP contribution in [0.2, 0.25) is 0 Å². The largest absolute Gasteiger partial charge is 0.548 e. The van der Waals surface area contributed by atoms with Gasteiger partial charge in [-0.3, -0.25) is 9.69 Å². The minimum Gasteiger partial charge on any atom is -0.548 e. The van der Waals surface area contributed by atoms with Crippen LogP contribution in [-0.4, -0.2) is 40.9 Å². The van der Waals surface area contributed by atoms with E-state index in [1.54, 1.807) is 31.4 Å². The normalized spacial score (nSPS) is 16.9. The zero-order chi connectivity index (χ0) is 19.3. The van der Waals surface area contributed by atoms with Crippen molar-refractivity contribution in [1.29, 1.82) is 0 Å². The first-order chi connectivity index (χ1) is 12.4. The number of thioether (sulfide) groups is 1. The molecule has 8 heteroatoms. The van der Waals surface area contributed by atoms with Crippen LogP contribution < -0.4 is 14.6 Å². The van der Waals surface area contributed by atoms with E-state index in [1.807, 2.05) is 0 Å². The van der Waals surface area contributed by atoms with Gasteiger partial charge in [-0.1, -0.05) is 43.4 Å². The summed E-state index contributed by atoms with van der Waals surface area (Å²) in [6.07, 6.45) is 3.64. The fourth-order valence-electron chi connectivity index (χ4n) is 2.29. The number of carboxylic acid groups (broad SMARTS) is 1. The van der Waals surface area contributed by atoms with E-state index in [0.717, 1.165) is 35.1 Å². The summed E-state index contributed by atoms with van der Waals surface area (Å²) >= 11 is 6.19. The Labute approximate surface area is 162 Å². The number of amides is 1. The number of ether oxygens (including phenoxy) is 2.